The summed E-state index contributed by atoms with van der Waals surface area (Å²) < 4.78 is 4.92. The van der Waals surface area contributed by atoms with E-state index in [-0.39, 0.29) is 18.7 Å². The molecule has 0 spiro atoms. The van der Waals surface area contributed by atoms with E-state index < -0.39 is 0 Å². The van der Waals surface area contributed by atoms with Gasteiger partial charge in [-0.05, 0) is 61.4 Å². The van der Waals surface area contributed by atoms with Crippen LogP contribution in [0, 0.1) is 25.7 Å². The summed E-state index contributed by atoms with van der Waals surface area (Å²) in [5.41, 5.74) is 4.65. The lowest BCUT2D eigenvalue weighted by molar-refractivity contribution is 0.181. The number of cyclic esters (lactones) is 1. The van der Waals surface area contributed by atoms with Crippen LogP contribution in [-0.4, -0.2) is 31.8 Å². The van der Waals surface area contributed by atoms with E-state index in [1.165, 1.54) is 5.56 Å². The van der Waals surface area contributed by atoms with E-state index in [2.05, 4.69) is 22.5 Å². The fraction of sp³-hybridized carbons (Fsp3) is 0.238. The van der Waals surface area contributed by atoms with Gasteiger partial charge in [0.2, 0.25) is 0 Å². The van der Waals surface area contributed by atoms with Crippen molar-refractivity contribution in [3.05, 3.63) is 59.2 Å². The van der Waals surface area contributed by atoms with Crippen LogP contribution in [0.2, 0.25) is 0 Å². The molecule has 2 aromatic carbocycles. The number of anilines is 2. The van der Waals surface area contributed by atoms with E-state index in [1.807, 2.05) is 56.3 Å². The van der Waals surface area contributed by atoms with E-state index in [9.17, 15) is 9.59 Å². The minimum Gasteiger partial charge on any atom is -0.447 e. The molecule has 6 nitrogen and oxygen atoms in total. The predicted octanol–water partition coefficient (Wildman–Crippen LogP) is 3.43. The second kappa shape index (κ2) is 8.28. The minimum atomic E-state index is -0.326. The number of rotatable bonds is 3. The van der Waals surface area contributed by atoms with Crippen molar-refractivity contribution in [1.82, 2.24) is 5.32 Å². The summed E-state index contributed by atoms with van der Waals surface area (Å²) in [5.74, 6) is 5.89. The summed E-state index contributed by atoms with van der Waals surface area (Å²) in [6.07, 6.45) is -0.326. The Bertz CT molecular complexity index is 911. The molecule has 0 bridgehead atoms. The molecule has 1 aliphatic heterocycles. The number of ether oxygens (including phenoxy) is 1. The van der Waals surface area contributed by atoms with Gasteiger partial charge < -0.3 is 15.4 Å². The van der Waals surface area contributed by atoms with Gasteiger partial charge in [-0.1, -0.05) is 17.9 Å². The van der Waals surface area contributed by atoms with Gasteiger partial charge in [-0.2, -0.15) is 0 Å². The maximum Gasteiger partial charge on any atom is 0.414 e. The highest BCUT2D eigenvalue weighted by atomic mass is 16.6. The molecular weight excluding hydrogens is 342 g/mol. The molecule has 6 heteroatoms. The van der Waals surface area contributed by atoms with Crippen molar-refractivity contribution in [3.8, 4) is 11.8 Å². The average Bonchev–Trinajstić information content (AvgIpc) is 3.08. The van der Waals surface area contributed by atoms with Crippen molar-refractivity contribution in [2.75, 3.05) is 29.9 Å². The number of nitrogens with zero attached hydrogens (tertiary/aromatic N) is 1. The molecule has 27 heavy (non-hydrogen) atoms. The maximum absolute atomic E-state index is 11.9. The molecule has 3 rings (SSSR count). The molecule has 1 heterocycles. The number of urea groups is 1. The second-order valence-corrected chi connectivity index (χ2v) is 6.22. The topological polar surface area (TPSA) is 70.7 Å². The molecule has 0 unspecified atom stereocenters. The number of hydrogen-bond donors (Lipinski definition) is 2. The molecule has 138 valence electrons. The monoisotopic (exact) mass is 363 g/mol. The molecule has 1 aliphatic rings. The third-order valence-electron chi connectivity index (χ3n) is 4.27. The van der Waals surface area contributed by atoms with Gasteiger partial charge in [0.15, 0.2) is 0 Å². The Labute approximate surface area is 158 Å². The predicted molar refractivity (Wildman–Crippen MR) is 105 cm³/mol. The Morgan fingerprint density at radius 3 is 2.59 bits per heavy atom. The third kappa shape index (κ3) is 4.79. The van der Waals surface area contributed by atoms with Gasteiger partial charge in [0.1, 0.15) is 6.61 Å². The molecule has 0 aliphatic carbocycles. The normalized spacial score (nSPS) is 12.8. The summed E-state index contributed by atoms with van der Waals surface area (Å²) in [6.45, 7) is 5.23. The van der Waals surface area contributed by atoms with Crippen LogP contribution in [0.25, 0.3) is 0 Å². The number of nitrogens with one attached hydrogen (secondary N) is 2. The Morgan fingerprint density at radius 2 is 1.93 bits per heavy atom. The van der Waals surface area contributed by atoms with Crippen LogP contribution in [0.1, 0.15) is 16.7 Å². The fourth-order valence-corrected chi connectivity index (χ4v) is 2.62. The molecule has 0 aromatic heterocycles. The number of aryl methyl sites for hydroxylation is 2. The molecule has 1 saturated heterocycles. The smallest absolute Gasteiger partial charge is 0.414 e. The molecule has 2 aromatic rings. The molecular formula is C21H21N3O3. The SMILES string of the molecule is Cc1ccc(NC(=O)NCC#Cc2ccc(N3CCOC3=O)cc2)cc1C. The number of amides is 3. The van der Waals surface area contributed by atoms with Crippen molar-refractivity contribution in [2.24, 2.45) is 0 Å². The van der Waals surface area contributed by atoms with E-state index in [1.54, 1.807) is 4.90 Å². The zero-order valence-corrected chi connectivity index (χ0v) is 15.3. The maximum atomic E-state index is 11.9. The van der Waals surface area contributed by atoms with Gasteiger partial charge in [-0.3, -0.25) is 4.90 Å². The van der Waals surface area contributed by atoms with E-state index in [0.717, 1.165) is 22.5 Å². The van der Waals surface area contributed by atoms with Gasteiger partial charge in [0.25, 0.3) is 0 Å². The van der Waals surface area contributed by atoms with Crippen LogP contribution in [0.5, 0.6) is 0 Å². The summed E-state index contributed by atoms with van der Waals surface area (Å²) in [4.78, 5) is 25.0. The van der Waals surface area contributed by atoms with Crippen molar-refractivity contribution in [1.29, 1.82) is 0 Å². The lowest BCUT2D eigenvalue weighted by Crippen LogP contribution is -2.28. The van der Waals surface area contributed by atoms with Crippen molar-refractivity contribution < 1.29 is 14.3 Å². The highest BCUT2D eigenvalue weighted by molar-refractivity contribution is 5.90. The summed E-state index contributed by atoms with van der Waals surface area (Å²) in [5, 5.41) is 5.49. The first-order chi connectivity index (χ1) is 13.0. The molecule has 0 radical (unpaired) electrons. The largest absolute Gasteiger partial charge is 0.447 e. The van der Waals surface area contributed by atoms with Gasteiger partial charge in [-0.15, -0.1) is 0 Å². The fourth-order valence-electron chi connectivity index (χ4n) is 2.62. The minimum absolute atomic E-state index is 0.233. The number of hydrogen-bond acceptors (Lipinski definition) is 3. The van der Waals surface area contributed by atoms with Gasteiger partial charge in [0.05, 0.1) is 13.1 Å². The van der Waals surface area contributed by atoms with Crippen LogP contribution in [0.15, 0.2) is 42.5 Å². The molecule has 0 atom stereocenters. The molecule has 2 N–H and O–H groups in total. The van der Waals surface area contributed by atoms with Crippen LogP contribution in [-0.2, 0) is 4.74 Å². The van der Waals surface area contributed by atoms with E-state index in [0.29, 0.717) is 13.2 Å². The van der Waals surface area contributed by atoms with Gasteiger partial charge >= 0.3 is 12.1 Å². The first-order valence-corrected chi connectivity index (χ1v) is 8.68. The average molecular weight is 363 g/mol. The second-order valence-electron chi connectivity index (χ2n) is 6.22. The Balaban J connectivity index is 1.49. The number of benzene rings is 2. The summed E-state index contributed by atoms with van der Waals surface area (Å²) in [6, 6.07) is 12.8. The Kier molecular flexibility index (Phi) is 5.62. The van der Waals surface area contributed by atoms with Crippen LogP contribution >= 0.6 is 0 Å². The van der Waals surface area contributed by atoms with Crippen molar-refractivity contribution in [2.45, 2.75) is 13.8 Å². The van der Waals surface area contributed by atoms with Crippen molar-refractivity contribution >= 4 is 23.5 Å². The highest BCUT2D eigenvalue weighted by Gasteiger charge is 2.23. The van der Waals surface area contributed by atoms with Crippen LogP contribution in [0.3, 0.4) is 0 Å². The number of carbonyl (C=O) groups is 2. The molecule has 1 fully saturated rings. The Hall–Kier alpha value is -3.46. The number of carbonyl (C=O) groups excluding carboxylic acids is 2. The van der Waals surface area contributed by atoms with Crippen LogP contribution < -0.4 is 15.5 Å². The zero-order valence-electron chi connectivity index (χ0n) is 15.3. The molecule has 3 amide bonds. The van der Waals surface area contributed by atoms with Crippen LogP contribution in [0.4, 0.5) is 21.0 Å². The summed E-state index contributed by atoms with van der Waals surface area (Å²) in [7, 11) is 0. The Morgan fingerprint density at radius 1 is 1.15 bits per heavy atom. The van der Waals surface area contributed by atoms with E-state index in [4.69, 9.17) is 4.74 Å². The summed E-state index contributed by atoms with van der Waals surface area (Å²) >= 11 is 0. The first kappa shape index (κ1) is 18.3. The lowest BCUT2D eigenvalue weighted by Gasteiger charge is -2.11. The third-order valence-corrected chi connectivity index (χ3v) is 4.27. The van der Waals surface area contributed by atoms with Crippen molar-refractivity contribution in [3.63, 3.8) is 0 Å². The standard InChI is InChI=1S/C21H21N3O3/c1-15-5-8-18(14-16(15)2)23-20(25)22-11-3-4-17-6-9-19(10-7-17)24-12-13-27-21(24)26/h5-10,14H,11-13H2,1-2H3,(H2,22,23,25). The van der Waals surface area contributed by atoms with Gasteiger partial charge in [-0.25, -0.2) is 9.59 Å². The lowest BCUT2D eigenvalue weighted by atomic mass is 10.1. The van der Waals surface area contributed by atoms with Gasteiger partial charge in [0, 0.05) is 16.9 Å². The quantitative estimate of drug-likeness (QED) is 0.821. The first-order valence-electron chi connectivity index (χ1n) is 8.68. The molecule has 0 saturated carbocycles. The highest BCUT2D eigenvalue weighted by Crippen LogP contribution is 2.18. The van der Waals surface area contributed by atoms with E-state index >= 15 is 0 Å². The zero-order chi connectivity index (χ0) is 19.2.